The van der Waals surface area contributed by atoms with E-state index in [1.165, 1.54) is 6.20 Å². The van der Waals surface area contributed by atoms with E-state index < -0.39 is 11.6 Å². The number of carbonyl (C=O) groups is 1. The number of rotatable bonds is 4. The summed E-state index contributed by atoms with van der Waals surface area (Å²) in [6.07, 6.45) is 4.72. The number of hydrogen-bond donors (Lipinski definition) is 1. The number of aromatic nitrogens is 3. The third-order valence-electron chi connectivity index (χ3n) is 4.15. The van der Waals surface area contributed by atoms with Gasteiger partial charge in [0.2, 0.25) is 0 Å². The van der Waals surface area contributed by atoms with Crippen LogP contribution in [0, 0.1) is 5.82 Å². The standard InChI is InChI=1S/C20H14FN3O2/c21-16-6-7-18(25)17(9-16)20(26)15-10-23-24(12-15)11-14-4-1-3-13-5-2-8-22-19(13)14/h1-10,12,25H,11H2. The van der Waals surface area contributed by atoms with E-state index in [4.69, 9.17) is 0 Å². The first kappa shape index (κ1) is 16.0. The van der Waals surface area contributed by atoms with Gasteiger partial charge in [-0.2, -0.15) is 5.10 Å². The van der Waals surface area contributed by atoms with Crippen LogP contribution in [-0.4, -0.2) is 25.7 Å². The van der Waals surface area contributed by atoms with E-state index >= 15 is 0 Å². The molecule has 128 valence electrons. The summed E-state index contributed by atoms with van der Waals surface area (Å²) in [5.41, 5.74) is 2.04. The number of halogens is 1. The fourth-order valence-corrected chi connectivity index (χ4v) is 2.88. The molecule has 2 heterocycles. The molecule has 0 aliphatic rings. The number of ketones is 1. The van der Waals surface area contributed by atoms with Crippen LogP contribution in [-0.2, 0) is 6.54 Å². The Labute approximate surface area is 148 Å². The summed E-state index contributed by atoms with van der Waals surface area (Å²) in [5, 5.41) is 15.0. The second-order valence-corrected chi connectivity index (χ2v) is 5.91. The predicted octanol–water partition coefficient (Wildman–Crippen LogP) is 3.56. The molecule has 2 aromatic heterocycles. The summed E-state index contributed by atoms with van der Waals surface area (Å²) in [7, 11) is 0. The van der Waals surface area contributed by atoms with Crippen LogP contribution in [0.15, 0.2) is 67.1 Å². The maximum atomic E-state index is 13.4. The van der Waals surface area contributed by atoms with Crippen LogP contribution in [0.1, 0.15) is 21.5 Å². The lowest BCUT2D eigenvalue weighted by Crippen LogP contribution is -2.03. The van der Waals surface area contributed by atoms with Crippen molar-refractivity contribution in [3.63, 3.8) is 0 Å². The van der Waals surface area contributed by atoms with Crippen molar-refractivity contribution in [2.75, 3.05) is 0 Å². The van der Waals surface area contributed by atoms with Gasteiger partial charge in [0.15, 0.2) is 5.78 Å². The maximum Gasteiger partial charge on any atom is 0.200 e. The Hall–Kier alpha value is -3.54. The summed E-state index contributed by atoms with van der Waals surface area (Å²) in [4.78, 5) is 16.9. The van der Waals surface area contributed by atoms with Crippen LogP contribution in [0.4, 0.5) is 4.39 Å². The summed E-state index contributed by atoms with van der Waals surface area (Å²) < 4.78 is 15.0. The van der Waals surface area contributed by atoms with E-state index in [-0.39, 0.29) is 16.9 Å². The van der Waals surface area contributed by atoms with Gasteiger partial charge in [-0.25, -0.2) is 4.39 Å². The van der Waals surface area contributed by atoms with E-state index in [0.717, 1.165) is 34.7 Å². The number of pyridine rings is 1. The molecule has 0 aliphatic heterocycles. The smallest absolute Gasteiger partial charge is 0.200 e. The second kappa shape index (κ2) is 6.40. The molecule has 0 atom stereocenters. The Morgan fingerprint density at radius 2 is 2.00 bits per heavy atom. The summed E-state index contributed by atoms with van der Waals surface area (Å²) in [6, 6.07) is 13.0. The molecule has 0 saturated heterocycles. The molecule has 6 heteroatoms. The fourth-order valence-electron chi connectivity index (χ4n) is 2.88. The number of phenols is 1. The van der Waals surface area contributed by atoms with Gasteiger partial charge in [0.05, 0.1) is 29.4 Å². The van der Waals surface area contributed by atoms with Crippen LogP contribution in [0.2, 0.25) is 0 Å². The lowest BCUT2D eigenvalue weighted by molar-refractivity contribution is 0.103. The fraction of sp³-hybridized carbons (Fsp3) is 0.0500. The summed E-state index contributed by atoms with van der Waals surface area (Å²) >= 11 is 0. The largest absolute Gasteiger partial charge is 0.507 e. The molecule has 0 saturated carbocycles. The van der Waals surface area contributed by atoms with Crippen molar-refractivity contribution in [1.29, 1.82) is 0 Å². The molecule has 5 nitrogen and oxygen atoms in total. The highest BCUT2D eigenvalue weighted by molar-refractivity contribution is 6.10. The molecule has 4 rings (SSSR count). The Morgan fingerprint density at radius 3 is 2.88 bits per heavy atom. The molecule has 0 radical (unpaired) electrons. The van der Waals surface area contributed by atoms with E-state index in [1.807, 2.05) is 30.3 Å². The van der Waals surface area contributed by atoms with Crippen LogP contribution in [0.3, 0.4) is 0 Å². The highest BCUT2D eigenvalue weighted by Crippen LogP contribution is 2.22. The van der Waals surface area contributed by atoms with E-state index in [1.54, 1.807) is 17.1 Å². The van der Waals surface area contributed by atoms with Gasteiger partial charge in [0.25, 0.3) is 0 Å². The number of nitrogens with zero attached hydrogens (tertiary/aromatic N) is 3. The van der Waals surface area contributed by atoms with Crippen molar-refractivity contribution in [2.45, 2.75) is 6.54 Å². The highest BCUT2D eigenvalue weighted by atomic mass is 19.1. The van der Waals surface area contributed by atoms with Gasteiger partial charge in [-0.05, 0) is 29.8 Å². The quantitative estimate of drug-likeness (QED) is 0.573. The van der Waals surface area contributed by atoms with Crippen molar-refractivity contribution >= 4 is 16.7 Å². The first-order valence-corrected chi connectivity index (χ1v) is 8.00. The van der Waals surface area contributed by atoms with Gasteiger partial charge in [0, 0.05) is 17.8 Å². The van der Waals surface area contributed by atoms with E-state index in [0.29, 0.717) is 6.54 Å². The molecule has 2 aromatic carbocycles. The number of aromatic hydroxyl groups is 1. The van der Waals surface area contributed by atoms with Gasteiger partial charge in [-0.15, -0.1) is 0 Å². The third-order valence-corrected chi connectivity index (χ3v) is 4.15. The van der Waals surface area contributed by atoms with Crippen molar-refractivity contribution in [2.24, 2.45) is 0 Å². The number of fused-ring (bicyclic) bond motifs is 1. The first-order valence-electron chi connectivity index (χ1n) is 8.00. The minimum atomic E-state index is -0.583. The number of hydrogen-bond acceptors (Lipinski definition) is 4. The van der Waals surface area contributed by atoms with Crippen molar-refractivity contribution in [3.05, 3.63) is 89.6 Å². The van der Waals surface area contributed by atoms with Gasteiger partial charge in [-0.3, -0.25) is 14.5 Å². The first-order chi connectivity index (χ1) is 12.6. The molecule has 0 aliphatic carbocycles. The van der Waals surface area contributed by atoms with Crippen LogP contribution in [0.25, 0.3) is 10.9 Å². The minimum Gasteiger partial charge on any atom is -0.507 e. The van der Waals surface area contributed by atoms with Crippen LogP contribution >= 0.6 is 0 Å². The number of carbonyl (C=O) groups excluding carboxylic acids is 1. The van der Waals surface area contributed by atoms with Crippen LogP contribution < -0.4 is 0 Å². The van der Waals surface area contributed by atoms with E-state index in [9.17, 15) is 14.3 Å². The average Bonchev–Trinajstić information content (AvgIpc) is 3.12. The molecule has 4 aromatic rings. The van der Waals surface area contributed by atoms with Gasteiger partial charge in [0.1, 0.15) is 11.6 Å². The Bertz CT molecular complexity index is 1120. The van der Waals surface area contributed by atoms with Gasteiger partial charge >= 0.3 is 0 Å². The molecule has 1 N–H and O–H groups in total. The lowest BCUT2D eigenvalue weighted by Gasteiger charge is -2.05. The van der Waals surface area contributed by atoms with Crippen molar-refractivity contribution in [1.82, 2.24) is 14.8 Å². The summed E-state index contributed by atoms with van der Waals surface area (Å²) in [6.45, 7) is 0.441. The number of phenolic OH excluding ortho intramolecular Hbond substituents is 1. The monoisotopic (exact) mass is 347 g/mol. The molecular formula is C20H14FN3O2. The Kier molecular flexibility index (Phi) is 3.93. The zero-order chi connectivity index (χ0) is 18.1. The number of para-hydroxylation sites is 1. The second-order valence-electron chi connectivity index (χ2n) is 5.91. The summed E-state index contributed by atoms with van der Waals surface area (Å²) in [5.74, 6) is -1.33. The third kappa shape index (κ3) is 2.93. The zero-order valence-electron chi connectivity index (χ0n) is 13.6. The van der Waals surface area contributed by atoms with Gasteiger partial charge in [-0.1, -0.05) is 24.3 Å². The van der Waals surface area contributed by atoms with Gasteiger partial charge < -0.3 is 5.11 Å². The number of benzene rings is 2. The molecule has 26 heavy (non-hydrogen) atoms. The minimum absolute atomic E-state index is 0.0867. The SMILES string of the molecule is O=C(c1cnn(Cc2cccc3cccnc23)c1)c1cc(F)ccc1O. The molecule has 0 unspecified atom stereocenters. The topological polar surface area (TPSA) is 68.0 Å². The van der Waals surface area contributed by atoms with Crippen molar-refractivity contribution in [3.8, 4) is 5.75 Å². The Morgan fingerprint density at radius 1 is 1.15 bits per heavy atom. The van der Waals surface area contributed by atoms with Crippen LogP contribution in [0.5, 0.6) is 5.75 Å². The normalized spacial score (nSPS) is 11.0. The highest BCUT2D eigenvalue weighted by Gasteiger charge is 2.16. The molecule has 0 amide bonds. The Balaban J connectivity index is 1.64. The maximum absolute atomic E-state index is 13.4. The lowest BCUT2D eigenvalue weighted by atomic mass is 10.1. The molecule has 0 fully saturated rings. The molecule has 0 bridgehead atoms. The van der Waals surface area contributed by atoms with E-state index in [2.05, 4.69) is 10.1 Å². The molecule has 0 spiro atoms. The zero-order valence-corrected chi connectivity index (χ0v) is 13.6. The average molecular weight is 347 g/mol. The molecular weight excluding hydrogens is 333 g/mol. The van der Waals surface area contributed by atoms with Crippen molar-refractivity contribution < 1.29 is 14.3 Å². The predicted molar refractivity (Wildman–Crippen MR) is 94.6 cm³/mol.